The van der Waals surface area contributed by atoms with E-state index < -0.39 is 0 Å². The molecule has 0 N–H and O–H groups in total. The Bertz CT molecular complexity index is 1480. The van der Waals surface area contributed by atoms with E-state index >= 15 is 0 Å². The Morgan fingerprint density at radius 1 is 0.477 bits per heavy atom. The Kier molecular flexibility index (Phi) is 11.8. The van der Waals surface area contributed by atoms with Crippen molar-refractivity contribution in [1.29, 1.82) is 0 Å². The van der Waals surface area contributed by atoms with E-state index in [9.17, 15) is 10.4 Å². The first-order valence-electron chi connectivity index (χ1n) is 13.6. The Morgan fingerprint density at radius 2 is 0.795 bits per heavy atom. The number of benzene rings is 4. The first-order valence-corrected chi connectivity index (χ1v) is 14.4. The van der Waals surface area contributed by atoms with E-state index in [1.54, 1.807) is 48.5 Å². The summed E-state index contributed by atoms with van der Waals surface area (Å²) in [5.74, 6) is 0. The number of anilines is 4. The van der Waals surface area contributed by atoms with Crippen molar-refractivity contribution in [1.82, 2.24) is 0 Å². The van der Waals surface area contributed by atoms with Gasteiger partial charge in [0.05, 0.1) is 21.4 Å². The minimum absolute atomic E-state index is 0.471. The van der Waals surface area contributed by atoms with Gasteiger partial charge in [0.25, 0.3) is 0 Å². The minimum atomic E-state index is 0.471. The van der Waals surface area contributed by atoms with Crippen molar-refractivity contribution in [3.8, 4) is 0 Å². The normalized spacial score (nSPS) is 11.4. The molecule has 0 unspecified atom stereocenters. The van der Waals surface area contributed by atoms with E-state index in [1.165, 1.54) is 0 Å². The smallest absolute Gasteiger partial charge is 0.245 e. The molecule has 0 spiro atoms. The van der Waals surface area contributed by atoms with Crippen LogP contribution in [0.1, 0.15) is 0 Å². The third-order valence-corrected chi connectivity index (χ3v) is 7.02. The molecule has 0 radical (unpaired) electrons. The fourth-order valence-electron chi connectivity index (χ4n) is 3.92. The first-order chi connectivity index (χ1) is 20.8. The second-order valence-corrected chi connectivity index (χ2v) is 11.4. The van der Waals surface area contributed by atoms with Gasteiger partial charge >= 0.3 is 0 Å². The van der Waals surface area contributed by atoms with Crippen LogP contribution in [0.4, 0.5) is 45.5 Å². The van der Waals surface area contributed by atoms with Crippen LogP contribution in [0.3, 0.4) is 0 Å². The van der Waals surface area contributed by atoms with Gasteiger partial charge in [0.2, 0.25) is 11.4 Å². The summed E-state index contributed by atoms with van der Waals surface area (Å²) < 4.78 is 0. The van der Waals surface area contributed by atoms with Gasteiger partial charge in [0.1, 0.15) is 11.4 Å². The molecule has 0 saturated carbocycles. The number of hydrogen-bond donors (Lipinski definition) is 0. The molecule has 0 heterocycles. The largest absolute Gasteiger partial charge is 0.594 e. The van der Waals surface area contributed by atoms with Crippen LogP contribution in [0.5, 0.6) is 0 Å². The van der Waals surface area contributed by atoms with Crippen LogP contribution in [-0.4, -0.2) is 66.1 Å². The molecular weight excluding hydrogens is 599 g/mol. The van der Waals surface area contributed by atoms with Crippen LogP contribution in [0.2, 0.25) is 10.0 Å². The molecule has 12 heteroatoms. The third kappa shape index (κ3) is 9.23. The van der Waals surface area contributed by atoms with E-state index in [4.69, 9.17) is 23.2 Å². The molecule has 0 saturated heterocycles. The molecule has 0 aliphatic heterocycles. The molecule has 4 rings (SSSR count). The van der Waals surface area contributed by atoms with Gasteiger partial charge in [0, 0.05) is 102 Å². The van der Waals surface area contributed by atoms with Gasteiger partial charge in [-0.1, -0.05) is 32.9 Å². The molecule has 0 aliphatic carbocycles. The second-order valence-electron chi connectivity index (χ2n) is 10.6. The average molecular weight is 638 g/mol. The lowest BCUT2D eigenvalue weighted by Crippen LogP contribution is -2.08. The van der Waals surface area contributed by atoms with Gasteiger partial charge in [-0.25, -0.2) is 0 Å². The van der Waals surface area contributed by atoms with Crippen LogP contribution in [-0.2, 0) is 0 Å². The summed E-state index contributed by atoms with van der Waals surface area (Å²) >= 11 is 12.4. The summed E-state index contributed by atoms with van der Waals surface area (Å²) in [6.07, 6.45) is 0. The highest BCUT2D eigenvalue weighted by molar-refractivity contribution is 6.33. The van der Waals surface area contributed by atoms with Crippen molar-refractivity contribution in [3.63, 3.8) is 0 Å². The summed E-state index contributed by atoms with van der Waals surface area (Å²) in [7, 11) is 15.4. The summed E-state index contributed by atoms with van der Waals surface area (Å²) in [5, 5.41) is 33.4. The van der Waals surface area contributed by atoms with E-state index in [0.717, 1.165) is 22.7 Å². The van der Waals surface area contributed by atoms with Gasteiger partial charge in [-0.15, -0.1) is 0 Å². The number of rotatable bonds is 8. The third-order valence-electron chi connectivity index (χ3n) is 6.41. The number of halogens is 2. The van der Waals surface area contributed by atoms with Crippen molar-refractivity contribution in [2.24, 2.45) is 10.2 Å². The van der Waals surface area contributed by atoms with Crippen LogP contribution >= 0.6 is 23.2 Å². The summed E-state index contributed by atoms with van der Waals surface area (Å²) in [5.41, 5.74) is 5.79. The maximum absolute atomic E-state index is 12.1. The Balaban J connectivity index is 0.000000240. The first kappa shape index (κ1) is 34.0. The molecule has 0 aliphatic rings. The van der Waals surface area contributed by atoms with Gasteiger partial charge in [0.15, 0.2) is 0 Å². The van der Waals surface area contributed by atoms with Crippen LogP contribution in [0.15, 0.2) is 95.2 Å². The van der Waals surface area contributed by atoms with Crippen LogP contribution in [0, 0.1) is 10.4 Å². The van der Waals surface area contributed by atoms with Crippen LogP contribution in [0.25, 0.3) is 0 Å². The zero-order valence-electron chi connectivity index (χ0n) is 26.2. The molecular formula is C32H38Cl2N8O2. The Labute approximate surface area is 269 Å². The van der Waals surface area contributed by atoms with E-state index in [0.29, 0.717) is 42.5 Å². The number of azo groups is 2. The lowest BCUT2D eigenvalue weighted by atomic mass is 10.2. The molecule has 10 nitrogen and oxygen atoms in total. The SMILES string of the molecule is CN(C)c1ccc([N+]([O-])=Nc2ccc(N(C)C)c(Cl)c2)cc1.CN(C)c1ccc([N+]([O-])=Nc2ccc(N(C)C)c(Cl)c2)cc1. The number of hydrogen-bond acceptors (Lipinski definition) is 8. The summed E-state index contributed by atoms with van der Waals surface area (Å²) in [6.45, 7) is 0. The molecule has 0 bridgehead atoms. The standard InChI is InChI=1S/2C16H19ClN4O/c2*1-19(2)13-6-8-14(9-7-13)21(22)18-12-5-10-16(20(3)4)15(17)11-12/h2*5-11H,1-4H3. The summed E-state index contributed by atoms with van der Waals surface area (Å²) in [4.78, 5) is 8.94. The van der Waals surface area contributed by atoms with E-state index in [2.05, 4.69) is 10.2 Å². The topological polar surface area (TPSA) is 89.8 Å². The summed E-state index contributed by atoms with van der Waals surface area (Å²) in [6, 6.07) is 25.0. The predicted octanol–water partition coefficient (Wildman–Crippen LogP) is 8.80. The Hall–Kier alpha value is -4.54. The molecule has 4 aromatic carbocycles. The van der Waals surface area contributed by atoms with E-state index in [-0.39, 0.29) is 0 Å². The molecule has 0 fully saturated rings. The quantitative estimate of drug-likeness (QED) is 0.109. The highest BCUT2D eigenvalue weighted by Crippen LogP contribution is 2.31. The van der Waals surface area contributed by atoms with Gasteiger partial charge in [-0.05, 0) is 60.7 Å². The molecule has 4 aromatic rings. The maximum atomic E-state index is 12.1. The highest BCUT2D eigenvalue weighted by atomic mass is 35.5. The Morgan fingerprint density at radius 3 is 1.05 bits per heavy atom. The van der Waals surface area contributed by atoms with Crippen molar-refractivity contribution >= 4 is 68.7 Å². The monoisotopic (exact) mass is 636 g/mol. The van der Waals surface area contributed by atoms with Crippen LogP contribution < -0.4 is 19.6 Å². The molecule has 232 valence electrons. The second kappa shape index (κ2) is 15.3. The molecule has 0 aromatic heterocycles. The van der Waals surface area contributed by atoms with Gasteiger partial charge in [-0.3, -0.25) is 0 Å². The van der Waals surface area contributed by atoms with Crippen molar-refractivity contribution in [3.05, 3.63) is 105 Å². The maximum Gasteiger partial charge on any atom is 0.245 e. The fourth-order valence-corrected chi connectivity index (χ4v) is 4.61. The minimum Gasteiger partial charge on any atom is -0.594 e. The van der Waals surface area contributed by atoms with Crippen molar-refractivity contribution in [2.45, 2.75) is 0 Å². The number of nitrogens with zero attached hydrogens (tertiary/aromatic N) is 8. The zero-order valence-corrected chi connectivity index (χ0v) is 27.7. The zero-order chi connectivity index (χ0) is 32.6. The fraction of sp³-hybridized carbons (Fsp3) is 0.250. The molecule has 44 heavy (non-hydrogen) atoms. The average Bonchev–Trinajstić information content (AvgIpc) is 2.97. The lowest BCUT2D eigenvalue weighted by molar-refractivity contribution is -0.435. The molecule has 0 amide bonds. The predicted molar refractivity (Wildman–Crippen MR) is 184 cm³/mol. The van der Waals surface area contributed by atoms with Gasteiger partial charge in [-0.2, -0.15) is 0 Å². The lowest BCUT2D eigenvalue weighted by Gasteiger charge is -2.14. The van der Waals surface area contributed by atoms with Gasteiger partial charge < -0.3 is 30.0 Å². The molecule has 0 atom stereocenters. The van der Waals surface area contributed by atoms with Crippen molar-refractivity contribution in [2.75, 3.05) is 76.0 Å². The highest BCUT2D eigenvalue weighted by Gasteiger charge is 2.10. The van der Waals surface area contributed by atoms with Crippen molar-refractivity contribution < 1.29 is 9.72 Å². The van der Waals surface area contributed by atoms with E-state index in [1.807, 2.05) is 112 Å².